The molecule has 0 fully saturated rings. The number of carbonyl (C=O) groups is 1. The summed E-state index contributed by atoms with van der Waals surface area (Å²) in [5.74, 6) is -3.34. The number of ketones is 1. The molecule has 0 spiro atoms. The summed E-state index contributed by atoms with van der Waals surface area (Å²) in [5, 5.41) is 12.7. The van der Waals surface area contributed by atoms with E-state index >= 15 is 0 Å². The van der Waals surface area contributed by atoms with Crippen molar-refractivity contribution in [3.8, 4) is 22.6 Å². The van der Waals surface area contributed by atoms with Crippen LogP contribution in [0.1, 0.15) is 35.3 Å². The topological polar surface area (TPSA) is 59.3 Å². The molecule has 8 heteroatoms. The molecule has 4 nitrogen and oxygen atoms in total. The fourth-order valence-electron chi connectivity index (χ4n) is 6.06. The SMILES string of the molecule is CC1(C)c2ccccc2-c2ccc(-n3c(=O)c(C(=O)C(F)(F)F)c(O)c4ccc5c6ccccc6sc5c43)cc21. The highest BCUT2D eigenvalue weighted by atomic mass is 32.1. The van der Waals surface area contributed by atoms with Crippen LogP contribution in [0.15, 0.2) is 83.7 Å². The Morgan fingerprint density at radius 2 is 1.52 bits per heavy atom. The van der Waals surface area contributed by atoms with E-state index in [1.807, 2.05) is 54.6 Å². The van der Waals surface area contributed by atoms with Gasteiger partial charge in [-0.1, -0.05) is 68.4 Å². The van der Waals surface area contributed by atoms with E-state index in [-0.39, 0.29) is 10.9 Å². The summed E-state index contributed by atoms with van der Waals surface area (Å²) in [5.41, 5.74) is 1.67. The first-order valence-corrected chi connectivity index (χ1v) is 13.4. The number of thiophene rings is 1. The second kappa shape index (κ2) is 8.05. The summed E-state index contributed by atoms with van der Waals surface area (Å²) >= 11 is 1.37. The zero-order chi connectivity index (χ0) is 28.1. The van der Waals surface area contributed by atoms with Gasteiger partial charge >= 0.3 is 6.18 Å². The molecule has 1 N–H and O–H groups in total. The van der Waals surface area contributed by atoms with Gasteiger partial charge in [0, 0.05) is 32.0 Å². The average molecular weight is 556 g/mol. The lowest BCUT2D eigenvalue weighted by atomic mass is 9.82. The van der Waals surface area contributed by atoms with Crippen LogP contribution < -0.4 is 5.56 Å². The largest absolute Gasteiger partial charge is 0.506 e. The Hall–Kier alpha value is -4.43. The lowest BCUT2D eigenvalue weighted by Gasteiger charge is -2.23. The van der Waals surface area contributed by atoms with Crippen molar-refractivity contribution in [1.29, 1.82) is 0 Å². The Kier molecular flexibility index (Phi) is 4.95. The van der Waals surface area contributed by atoms with Crippen molar-refractivity contribution in [2.75, 3.05) is 0 Å². The van der Waals surface area contributed by atoms with E-state index in [9.17, 15) is 27.9 Å². The first kappa shape index (κ1) is 24.6. The van der Waals surface area contributed by atoms with Gasteiger partial charge in [-0.2, -0.15) is 13.2 Å². The molecule has 0 saturated heterocycles. The van der Waals surface area contributed by atoms with Crippen molar-refractivity contribution in [3.05, 3.63) is 106 Å². The van der Waals surface area contributed by atoms with Gasteiger partial charge in [-0.05, 0) is 46.5 Å². The fraction of sp³-hybridized carbons (Fsp3) is 0.125. The van der Waals surface area contributed by atoms with Gasteiger partial charge in [0.25, 0.3) is 11.3 Å². The smallest absolute Gasteiger partial charge is 0.455 e. The van der Waals surface area contributed by atoms with Crippen LogP contribution in [0.25, 0.3) is 47.9 Å². The number of hydrogen-bond donors (Lipinski definition) is 1. The van der Waals surface area contributed by atoms with Crippen molar-refractivity contribution in [2.24, 2.45) is 0 Å². The van der Waals surface area contributed by atoms with Gasteiger partial charge < -0.3 is 5.11 Å². The standard InChI is InChI=1S/C32H20F3NO3S/c1-31(2)22-9-5-3-7-17(22)18-12-11-16(15-23(18)31)36-26-21(27(37)25(30(36)39)29(38)32(33,34)35)14-13-20-19-8-4-6-10-24(19)40-28(20)26/h3-15,37H,1-2H3. The number of carbonyl (C=O) groups excluding carboxylic acids is 1. The van der Waals surface area contributed by atoms with E-state index in [0.29, 0.717) is 10.4 Å². The number of halogens is 3. The number of nitrogens with zero attached hydrogens (tertiary/aromatic N) is 1. The highest BCUT2D eigenvalue weighted by molar-refractivity contribution is 7.26. The van der Waals surface area contributed by atoms with E-state index in [1.54, 1.807) is 18.2 Å². The second-order valence-electron chi connectivity index (χ2n) is 10.5. The van der Waals surface area contributed by atoms with Crippen molar-refractivity contribution in [3.63, 3.8) is 0 Å². The summed E-state index contributed by atoms with van der Waals surface area (Å²) in [7, 11) is 0. The molecule has 1 aliphatic rings. The highest BCUT2D eigenvalue weighted by Crippen LogP contribution is 2.49. The number of aromatic nitrogens is 1. The molecule has 0 saturated carbocycles. The second-order valence-corrected chi connectivity index (χ2v) is 11.6. The molecule has 6 aromatic rings. The van der Waals surface area contributed by atoms with Crippen LogP contribution in [-0.2, 0) is 5.41 Å². The Morgan fingerprint density at radius 1 is 0.850 bits per heavy atom. The Balaban J connectivity index is 1.64. The van der Waals surface area contributed by atoms with Crippen molar-refractivity contribution in [1.82, 2.24) is 4.57 Å². The van der Waals surface area contributed by atoms with Crippen LogP contribution in [0.4, 0.5) is 13.2 Å². The minimum absolute atomic E-state index is 0.00528. The predicted molar refractivity (Wildman–Crippen MR) is 152 cm³/mol. The molecular formula is C32H20F3NO3S. The molecule has 0 unspecified atom stereocenters. The number of hydrogen-bond acceptors (Lipinski definition) is 4. The van der Waals surface area contributed by atoms with Gasteiger partial charge in [0.1, 0.15) is 11.3 Å². The number of fused-ring (bicyclic) bond motifs is 8. The van der Waals surface area contributed by atoms with E-state index in [1.165, 1.54) is 17.4 Å². The third-order valence-electron chi connectivity index (χ3n) is 7.96. The summed E-state index contributed by atoms with van der Waals surface area (Å²) in [6.07, 6.45) is -5.34. The van der Waals surface area contributed by atoms with Crippen LogP contribution in [-0.4, -0.2) is 21.6 Å². The molecule has 0 amide bonds. The van der Waals surface area contributed by atoms with E-state index < -0.39 is 34.2 Å². The predicted octanol–water partition coefficient (Wildman–Crippen LogP) is 8.12. The molecule has 198 valence electrons. The maximum Gasteiger partial charge on any atom is 0.455 e. The molecular weight excluding hydrogens is 535 g/mol. The maximum absolute atomic E-state index is 13.9. The monoisotopic (exact) mass is 555 g/mol. The van der Waals surface area contributed by atoms with Crippen LogP contribution in [0.2, 0.25) is 0 Å². The van der Waals surface area contributed by atoms with Crippen LogP contribution >= 0.6 is 11.3 Å². The van der Waals surface area contributed by atoms with Gasteiger partial charge in [0.05, 0.1) is 10.2 Å². The summed E-state index contributed by atoms with van der Waals surface area (Å²) < 4.78 is 43.6. The molecule has 0 aliphatic heterocycles. The number of alkyl halides is 3. The number of aromatic hydroxyl groups is 1. The van der Waals surface area contributed by atoms with E-state index in [0.717, 1.165) is 42.3 Å². The van der Waals surface area contributed by atoms with Crippen LogP contribution in [0.3, 0.4) is 0 Å². The quantitative estimate of drug-likeness (QED) is 0.220. The molecule has 2 heterocycles. The van der Waals surface area contributed by atoms with Gasteiger partial charge in [-0.15, -0.1) is 11.3 Å². The Morgan fingerprint density at radius 3 is 2.30 bits per heavy atom. The number of benzene rings is 4. The molecule has 0 bridgehead atoms. The third kappa shape index (κ3) is 3.20. The molecule has 4 aromatic carbocycles. The molecule has 1 aliphatic carbocycles. The first-order chi connectivity index (χ1) is 19.0. The Labute approximate surface area is 229 Å². The summed E-state index contributed by atoms with van der Waals surface area (Å²) in [6.45, 7) is 4.11. The summed E-state index contributed by atoms with van der Waals surface area (Å²) in [4.78, 5) is 26.4. The molecule has 7 rings (SSSR count). The average Bonchev–Trinajstić information content (AvgIpc) is 3.41. The van der Waals surface area contributed by atoms with Gasteiger partial charge in [0.2, 0.25) is 0 Å². The van der Waals surface area contributed by atoms with E-state index in [2.05, 4.69) is 13.8 Å². The lowest BCUT2D eigenvalue weighted by Crippen LogP contribution is -2.33. The van der Waals surface area contributed by atoms with Crippen molar-refractivity contribution >= 4 is 48.2 Å². The van der Waals surface area contributed by atoms with Crippen LogP contribution in [0.5, 0.6) is 5.75 Å². The first-order valence-electron chi connectivity index (χ1n) is 12.6. The number of pyridine rings is 1. The maximum atomic E-state index is 13.9. The van der Waals surface area contributed by atoms with Crippen LogP contribution in [0, 0.1) is 0 Å². The lowest BCUT2D eigenvalue weighted by molar-refractivity contribution is -0.0887. The molecule has 2 aromatic heterocycles. The zero-order valence-electron chi connectivity index (χ0n) is 21.3. The van der Waals surface area contributed by atoms with E-state index in [4.69, 9.17) is 0 Å². The Bertz CT molecular complexity index is 2140. The van der Waals surface area contributed by atoms with Gasteiger partial charge in [-0.25, -0.2) is 0 Å². The molecule has 40 heavy (non-hydrogen) atoms. The minimum atomic E-state index is -5.34. The number of Topliss-reactive ketones (excluding diaryl/α,β-unsaturated/α-hetero) is 1. The summed E-state index contributed by atoms with van der Waals surface area (Å²) in [6, 6.07) is 24.1. The minimum Gasteiger partial charge on any atom is -0.506 e. The van der Waals surface area contributed by atoms with Gasteiger partial charge in [0.15, 0.2) is 0 Å². The molecule has 0 radical (unpaired) electrons. The van der Waals surface area contributed by atoms with Gasteiger partial charge in [-0.3, -0.25) is 14.2 Å². The highest BCUT2D eigenvalue weighted by Gasteiger charge is 2.44. The van der Waals surface area contributed by atoms with Crippen molar-refractivity contribution < 1.29 is 23.1 Å². The van der Waals surface area contributed by atoms with Crippen molar-refractivity contribution in [2.45, 2.75) is 25.4 Å². The third-order valence-corrected chi connectivity index (χ3v) is 9.16. The molecule has 0 atom stereocenters. The zero-order valence-corrected chi connectivity index (χ0v) is 22.1. The fourth-order valence-corrected chi connectivity index (χ4v) is 7.30. The number of rotatable bonds is 2. The normalized spacial score (nSPS) is 14.1.